The minimum absolute atomic E-state index is 0. The van der Waals surface area contributed by atoms with Crippen molar-refractivity contribution in [1.29, 1.82) is 0 Å². The Morgan fingerprint density at radius 3 is 2.91 bits per heavy atom. The van der Waals surface area contributed by atoms with Crippen LogP contribution in [0.25, 0.3) is 11.0 Å². The highest BCUT2D eigenvalue weighted by atomic mass is 35.5. The number of nitrogens with one attached hydrogen (secondary N) is 2. The topological polar surface area (TPSA) is 54.3 Å². The number of rotatable bonds is 3. The number of carbonyl (C=O) groups excluding carboxylic acids is 1. The Bertz CT molecular complexity index is 696. The molecule has 2 aromatic rings. The van der Waals surface area contributed by atoms with Gasteiger partial charge in [0.25, 0.3) is 0 Å². The zero-order chi connectivity index (χ0) is 15.7. The molecule has 0 radical (unpaired) electrons. The summed E-state index contributed by atoms with van der Waals surface area (Å²) in [5.74, 6) is 0.0708. The molecule has 1 fully saturated rings. The van der Waals surface area contributed by atoms with Gasteiger partial charge in [0.15, 0.2) is 0 Å². The van der Waals surface area contributed by atoms with Crippen LogP contribution in [0.1, 0.15) is 36.5 Å². The predicted molar refractivity (Wildman–Crippen MR) is 95.3 cm³/mol. The van der Waals surface area contributed by atoms with Gasteiger partial charge < -0.3 is 15.1 Å². The number of carbonyl (C=O) groups is 1. The number of furan rings is 1. The number of hydrogen-bond donors (Lipinski definition) is 2. The van der Waals surface area contributed by atoms with Crippen LogP contribution in [0, 0.1) is 13.8 Å². The minimum Gasteiger partial charge on any atom is -0.464 e. The van der Waals surface area contributed by atoms with E-state index < -0.39 is 0 Å². The molecule has 0 bridgehead atoms. The first-order chi connectivity index (χ1) is 10.6. The molecule has 23 heavy (non-hydrogen) atoms. The molecule has 2 atom stereocenters. The first kappa shape index (κ1) is 17.8. The maximum atomic E-state index is 12.3. The fourth-order valence-corrected chi connectivity index (χ4v) is 3.20. The number of aryl methyl sites for hydroxylation is 2. The number of piperidine rings is 1. The Labute approximate surface area is 143 Å². The van der Waals surface area contributed by atoms with Crippen molar-refractivity contribution in [1.82, 2.24) is 10.6 Å². The fourth-order valence-electron chi connectivity index (χ4n) is 3.20. The van der Waals surface area contributed by atoms with E-state index in [0.717, 1.165) is 41.5 Å². The van der Waals surface area contributed by atoms with Crippen LogP contribution in [-0.2, 0) is 11.2 Å². The average molecular weight is 337 g/mol. The molecule has 0 saturated carbocycles. The van der Waals surface area contributed by atoms with E-state index in [1.54, 1.807) is 6.26 Å². The summed E-state index contributed by atoms with van der Waals surface area (Å²) in [4.78, 5) is 12.3. The second-order valence-electron chi connectivity index (χ2n) is 6.38. The van der Waals surface area contributed by atoms with Crippen molar-refractivity contribution >= 4 is 29.3 Å². The van der Waals surface area contributed by atoms with Gasteiger partial charge in [-0.3, -0.25) is 4.79 Å². The van der Waals surface area contributed by atoms with E-state index in [4.69, 9.17) is 4.42 Å². The first-order valence-electron chi connectivity index (χ1n) is 8.05. The molecule has 2 N–H and O–H groups in total. The third-order valence-corrected chi connectivity index (χ3v) is 4.80. The highest BCUT2D eigenvalue weighted by molar-refractivity contribution is 5.89. The minimum atomic E-state index is 0. The maximum Gasteiger partial charge on any atom is 0.224 e. The standard InChI is InChI=1S/C18H24N2O2.ClH/c1-11-6-7-15-14(10-22-18(15)12(11)2)9-17(21)20-16-5-4-8-19-13(16)3;/h6-7,10,13,16,19H,4-5,8-9H2,1-3H3,(H,20,21);1H. The van der Waals surface area contributed by atoms with E-state index in [1.165, 1.54) is 5.56 Å². The highest BCUT2D eigenvalue weighted by Crippen LogP contribution is 2.26. The van der Waals surface area contributed by atoms with Crippen molar-refractivity contribution in [2.75, 3.05) is 6.54 Å². The van der Waals surface area contributed by atoms with Gasteiger partial charge in [-0.25, -0.2) is 0 Å². The van der Waals surface area contributed by atoms with Crippen molar-refractivity contribution in [3.05, 3.63) is 35.1 Å². The van der Waals surface area contributed by atoms with Gasteiger partial charge in [0.05, 0.1) is 12.7 Å². The third-order valence-electron chi connectivity index (χ3n) is 4.80. The van der Waals surface area contributed by atoms with Crippen molar-refractivity contribution < 1.29 is 9.21 Å². The quantitative estimate of drug-likeness (QED) is 0.904. The molecular formula is C18H25ClN2O2. The van der Waals surface area contributed by atoms with Crippen LogP contribution in [0.4, 0.5) is 0 Å². The fraction of sp³-hybridized carbons (Fsp3) is 0.500. The summed E-state index contributed by atoms with van der Waals surface area (Å²) >= 11 is 0. The van der Waals surface area contributed by atoms with E-state index >= 15 is 0 Å². The van der Waals surface area contributed by atoms with Gasteiger partial charge in [-0.2, -0.15) is 0 Å². The molecule has 126 valence electrons. The SMILES string of the molecule is Cc1ccc2c(CC(=O)NC3CCCNC3C)coc2c1C.Cl. The second-order valence-corrected chi connectivity index (χ2v) is 6.38. The van der Waals surface area contributed by atoms with Crippen molar-refractivity contribution in [3.63, 3.8) is 0 Å². The lowest BCUT2D eigenvalue weighted by atomic mass is 9.99. The molecule has 1 aliphatic rings. The molecule has 1 aromatic heterocycles. The molecule has 1 amide bonds. The average Bonchev–Trinajstić information content (AvgIpc) is 2.89. The summed E-state index contributed by atoms with van der Waals surface area (Å²) in [7, 11) is 0. The van der Waals surface area contributed by atoms with Crippen LogP contribution in [-0.4, -0.2) is 24.5 Å². The highest BCUT2D eigenvalue weighted by Gasteiger charge is 2.23. The van der Waals surface area contributed by atoms with Crippen LogP contribution in [0.3, 0.4) is 0 Å². The number of fused-ring (bicyclic) bond motifs is 1. The van der Waals surface area contributed by atoms with Gasteiger partial charge in [-0.1, -0.05) is 12.1 Å². The predicted octanol–water partition coefficient (Wildman–Crippen LogP) is 3.27. The Hall–Kier alpha value is -1.52. The summed E-state index contributed by atoms with van der Waals surface area (Å²) in [5, 5.41) is 7.61. The van der Waals surface area contributed by atoms with Crippen LogP contribution in [0.2, 0.25) is 0 Å². The first-order valence-corrected chi connectivity index (χ1v) is 8.05. The lowest BCUT2D eigenvalue weighted by Crippen LogP contribution is -2.52. The van der Waals surface area contributed by atoms with E-state index in [0.29, 0.717) is 12.5 Å². The molecule has 1 saturated heterocycles. The van der Waals surface area contributed by atoms with Crippen molar-refractivity contribution in [3.8, 4) is 0 Å². The summed E-state index contributed by atoms with van der Waals surface area (Å²) in [6.07, 6.45) is 4.25. The second kappa shape index (κ2) is 7.37. The molecule has 2 heterocycles. The van der Waals surface area contributed by atoms with Gasteiger partial charge in [-0.05, 0) is 51.3 Å². The number of benzene rings is 1. The Morgan fingerprint density at radius 2 is 2.17 bits per heavy atom. The van der Waals surface area contributed by atoms with E-state index in [2.05, 4.69) is 43.5 Å². The largest absolute Gasteiger partial charge is 0.464 e. The number of halogens is 1. The Balaban J connectivity index is 0.00000192. The molecule has 3 rings (SSSR count). The van der Waals surface area contributed by atoms with Crippen LogP contribution in [0.5, 0.6) is 0 Å². The summed E-state index contributed by atoms with van der Waals surface area (Å²) in [6, 6.07) is 4.70. The molecular weight excluding hydrogens is 312 g/mol. The zero-order valence-corrected chi connectivity index (χ0v) is 14.8. The van der Waals surface area contributed by atoms with Gasteiger partial charge >= 0.3 is 0 Å². The monoisotopic (exact) mass is 336 g/mol. The van der Waals surface area contributed by atoms with Gasteiger partial charge in [-0.15, -0.1) is 12.4 Å². The van der Waals surface area contributed by atoms with Crippen LogP contribution < -0.4 is 10.6 Å². The van der Waals surface area contributed by atoms with E-state index in [9.17, 15) is 4.79 Å². The summed E-state index contributed by atoms with van der Waals surface area (Å²) < 4.78 is 5.68. The molecule has 5 heteroatoms. The number of amides is 1. The lowest BCUT2D eigenvalue weighted by Gasteiger charge is -2.30. The lowest BCUT2D eigenvalue weighted by molar-refractivity contribution is -0.121. The summed E-state index contributed by atoms with van der Waals surface area (Å²) in [6.45, 7) is 7.30. The molecule has 0 aliphatic carbocycles. The van der Waals surface area contributed by atoms with E-state index in [1.807, 2.05) is 0 Å². The maximum absolute atomic E-state index is 12.3. The Kier molecular flexibility index (Phi) is 5.71. The van der Waals surface area contributed by atoms with Gasteiger partial charge in [0.2, 0.25) is 5.91 Å². The van der Waals surface area contributed by atoms with Gasteiger partial charge in [0.1, 0.15) is 5.58 Å². The molecule has 1 aliphatic heterocycles. The van der Waals surface area contributed by atoms with Crippen molar-refractivity contribution in [2.24, 2.45) is 0 Å². The van der Waals surface area contributed by atoms with Crippen LogP contribution >= 0.6 is 12.4 Å². The number of hydrogen-bond acceptors (Lipinski definition) is 3. The molecule has 4 nitrogen and oxygen atoms in total. The Morgan fingerprint density at radius 1 is 1.39 bits per heavy atom. The molecule has 2 unspecified atom stereocenters. The van der Waals surface area contributed by atoms with E-state index in [-0.39, 0.29) is 24.4 Å². The molecule has 1 aromatic carbocycles. The zero-order valence-electron chi connectivity index (χ0n) is 13.9. The summed E-state index contributed by atoms with van der Waals surface area (Å²) in [5.41, 5.74) is 4.22. The van der Waals surface area contributed by atoms with Crippen molar-refractivity contribution in [2.45, 2.75) is 52.1 Å². The van der Waals surface area contributed by atoms with Gasteiger partial charge in [0, 0.05) is 23.0 Å². The van der Waals surface area contributed by atoms with Crippen LogP contribution in [0.15, 0.2) is 22.8 Å². The smallest absolute Gasteiger partial charge is 0.224 e. The molecule has 0 spiro atoms. The normalized spacial score (nSPS) is 21.0. The third kappa shape index (κ3) is 3.70.